The highest BCUT2D eigenvalue weighted by molar-refractivity contribution is 6.29. The maximum atomic E-state index is 12.7. The van der Waals surface area contributed by atoms with Gasteiger partial charge in [-0.15, -0.1) is 0 Å². The molecular weight excluding hydrogens is 413 g/mol. The third-order valence-electron chi connectivity index (χ3n) is 3.53. The lowest BCUT2D eigenvalue weighted by atomic mass is 10.0. The van der Waals surface area contributed by atoms with Gasteiger partial charge in [0.25, 0.3) is 0 Å². The molecule has 0 saturated heterocycles. The highest BCUT2D eigenvalue weighted by Crippen LogP contribution is 2.32. The Bertz CT molecular complexity index is 820. The van der Waals surface area contributed by atoms with E-state index in [0.717, 1.165) is 13.0 Å². The lowest BCUT2D eigenvalue weighted by molar-refractivity contribution is -0.191. The lowest BCUT2D eigenvalue weighted by Crippen LogP contribution is -2.22. The number of hydrogen-bond donors (Lipinski definition) is 0. The maximum Gasteiger partial charge on any atom is 0.391 e. The molecule has 0 aliphatic carbocycles. The smallest absolute Gasteiger partial charge is 0.391 e. The van der Waals surface area contributed by atoms with Gasteiger partial charge in [0.05, 0.1) is 12.1 Å². The molecule has 12 heteroatoms. The van der Waals surface area contributed by atoms with Crippen molar-refractivity contribution in [2.75, 3.05) is 0 Å². The van der Waals surface area contributed by atoms with Gasteiger partial charge < -0.3 is 4.74 Å². The van der Waals surface area contributed by atoms with E-state index in [2.05, 4.69) is 14.7 Å². The monoisotopic (exact) mass is 427 g/mol. The second-order valence-electron chi connectivity index (χ2n) is 5.46. The molecule has 0 spiro atoms. The first-order valence-electron chi connectivity index (χ1n) is 7.77. The van der Waals surface area contributed by atoms with Gasteiger partial charge in [0.2, 0.25) is 0 Å². The molecule has 28 heavy (non-hydrogen) atoms. The second-order valence-corrected chi connectivity index (χ2v) is 5.85. The van der Waals surface area contributed by atoms with Crippen LogP contribution in [0.25, 0.3) is 5.82 Å². The van der Waals surface area contributed by atoms with E-state index in [0.29, 0.717) is 12.2 Å². The number of pyridine rings is 1. The number of imidazole rings is 1. The van der Waals surface area contributed by atoms with Gasteiger partial charge >= 0.3 is 18.9 Å². The second kappa shape index (κ2) is 10.1. The minimum atomic E-state index is -4.40. The molecule has 1 atom stereocenters. The molecule has 0 aromatic carbocycles. The van der Waals surface area contributed by atoms with Crippen molar-refractivity contribution in [1.29, 1.82) is 0 Å². The fourth-order valence-corrected chi connectivity index (χ4v) is 2.48. The molecule has 154 valence electrons. The number of halogens is 6. The molecular formula is C16H15ClF5N3O3. The van der Waals surface area contributed by atoms with Crippen molar-refractivity contribution >= 4 is 17.8 Å². The summed E-state index contributed by atoms with van der Waals surface area (Å²) in [5.74, 6) is -1.62. The Balaban J connectivity index is 0.00000122. The van der Waals surface area contributed by atoms with Crippen LogP contribution in [0.3, 0.4) is 0 Å². The van der Waals surface area contributed by atoms with Crippen molar-refractivity contribution in [1.82, 2.24) is 14.5 Å². The van der Waals surface area contributed by atoms with Gasteiger partial charge in [0.1, 0.15) is 11.0 Å². The van der Waals surface area contributed by atoms with E-state index in [9.17, 15) is 22.0 Å². The predicted molar refractivity (Wildman–Crippen MR) is 86.3 cm³/mol. The highest BCUT2D eigenvalue weighted by atomic mass is 35.5. The molecule has 1 unspecified atom stereocenters. The molecule has 0 aliphatic rings. The number of ether oxygens (including phenoxy) is 1. The molecule has 0 saturated carbocycles. The van der Waals surface area contributed by atoms with Crippen molar-refractivity contribution in [3.63, 3.8) is 0 Å². The molecule has 0 amide bonds. The number of nitrogens with zero attached hydrogens (tertiary/aromatic N) is 3. The summed E-state index contributed by atoms with van der Waals surface area (Å²) in [6, 6.07) is 1.12. The van der Waals surface area contributed by atoms with Gasteiger partial charge in [-0.25, -0.2) is 9.97 Å². The molecule has 0 N–H and O–H groups in total. The fourth-order valence-electron chi connectivity index (χ4n) is 2.25. The maximum absolute atomic E-state index is 12.7. The van der Waals surface area contributed by atoms with Gasteiger partial charge in [0.15, 0.2) is 11.6 Å². The zero-order valence-corrected chi connectivity index (χ0v) is 15.4. The van der Waals surface area contributed by atoms with Crippen LogP contribution in [0.2, 0.25) is 5.15 Å². The largest absolute Gasteiger partial charge is 0.431 e. The number of carbonyl (C=O) groups excluding carboxylic acids is 2. The van der Waals surface area contributed by atoms with Crippen LogP contribution < -0.4 is 4.74 Å². The molecule has 2 aromatic heterocycles. The first-order valence-corrected chi connectivity index (χ1v) is 8.15. The molecule has 0 fully saturated rings. The van der Waals surface area contributed by atoms with Crippen LogP contribution in [0, 0.1) is 5.92 Å². The van der Waals surface area contributed by atoms with Gasteiger partial charge in [-0.3, -0.25) is 4.57 Å². The number of alkyl halides is 5. The minimum absolute atomic E-state index is 0.0527. The van der Waals surface area contributed by atoms with Crippen molar-refractivity contribution < 1.29 is 36.3 Å². The summed E-state index contributed by atoms with van der Waals surface area (Å²) < 4.78 is 69.3. The summed E-state index contributed by atoms with van der Waals surface area (Å²) in [5.41, 5.74) is 0.124. The van der Waals surface area contributed by atoms with E-state index < -0.39 is 25.1 Å². The van der Waals surface area contributed by atoms with Crippen LogP contribution in [-0.4, -0.2) is 33.5 Å². The summed E-state index contributed by atoms with van der Waals surface area (Å²) in [7, 11) is 0. The molecule has 6 nitrogen and oxygen atoms in total. The standard InChI is InChI=1S/C15H15ClF5N3O.CO2/c1-3-12-22-7-11(16)24(12)13-10(25-14(17)18)5-9(6-23-13)4-8(2)15(19,20)21;2-1-3/h5-8,14H,3-4H2,1-2H3;. The summed E-state index contributed by atoms with van der Waals surface area (Å²) in [6.45, 7) is -0.380. The Hall–Kier alpha value is -2.52. The van der Waals surface area contributed by atoms with Gasteiger partial charge in [-0.05, 0) is 18.1 Å². The first-order chi connectivity index (χ1) is 13.0. The number of aromatic nitrogens is 3. The van der Waals surface area contributed by atoms with Gasteiger partial charge in [0, 0.05) is 12.6 Å². The molecule has 0 bridgehead atoms. The molecule has 2 heterocycles. The zero-order chi connectivity index (χ0) is 21.5. The molecule has 0 aliphatic heterocycles. The van der Waals surface area contributed by atoms with E-state index >= 15 is 0 Å². The zero-order valence-electron chi connectivity index (χ0n) is 14.6. The van der Waals surface area contributed by atoms with Gasteiger partial charge in [-0.2, -0.15) is 31.5 Å². The summed E-state index contributed by atoms with van der Waals surface area (Å²) >= 11 is 6.02. The summed E-state index contributed by atoms with van der Waals surface area (Å²) in [4.78, 5) is 24.3. The van der Waals surface area contributed by atoms with Crippen LogP contribution in [0.15, 0.2) is 18.5 Å². The van der Waals surface area contributed by atoms with E-state index in [-0.39, 0.29) is 28.4 Å². The Kier molecular flexibility index (Phi) is 8.52. The van der Waals surface area contributed by atoms with Crippen molar-refractivity contribution in [2.45, 2.75) is 39.5 Å². The fraction of sp³-hybridized carbons (Fsp3) is 0.438. The Morgan fingerprint density at radius 1 is 1.25 bits per heavy atom. The number of rotatable bonds is 6. The van der Waals surface area contributed by atoms with Gasteiger partial charge in [-0.1, -0.05) is 25.4 Å². The summed E-state index contributed by atoms with van der Waals surface area (Å²) in [5, 5.41) is 0.125. The van der Waals surface area contributed by atoms with Crippen LogP contribution in [0.1, 0.15) is 25.2 Å². The SMILES string of the molecule is CCc1ncc(Cl)n1-c1ncc(CC(C)C(F)(F)F)cc1OC(F)F.O=C=O. The topological polar surface area (TPSA) is 74.1 Å². The predicted octanol–water partition coefficient (Wildman–Crippen LogP) is 4.24. The minimum Gasteiger partial charge on any atom is -0.431 e. The third-order valence-corrected chi connectivity index (χ3v) is 3.79. The van der Waals surface area contributed by atoms with Crippen LogP contribution in [-0.2, 0) is 22.4 Å². The van der Waals surface area contributed by atoms with Crippen LogP contribution >= 0.6 is 11.6 Å². The quantitative estimate of drug-likeness (QED) is 0.645. The Labute approximate surface area is 161 Å². The highest BCUT2D eigenvalue weighted by Gasteiger charge is 2.36. The molecule has 2 aromatic rings. The number of hydrogen-bond acceptors (Lipinski definition) is 5. The molecule has 2 rings (SSSR count). The average molecular weight is 428 g/mol. The molecule has 0 radical (unpaired) electrons. The van der Waals surface area contributed by atoms with Crippen molar-refractivity contribution in [2.24, 2.45) is 5.92 Å². The van der Waals surface area contributed by atoms with Crippen molar-refractivity contribution in [3.8, 4) is 11.6 Å². The van der Waals surface area contributed by atoms with Crippen LogP contribution in [0.5, 0.6) is 5.75 Å². The lowest BCUT2D eigenvalue weighted by Gasteiger charge is -2.17. The van der Waals surface area contributed by atoms with Crippen LogP contribution in [0.4, 0.5) is 22.0 Å². The average Bonchev–Trinajstić information content (AvgIpc) is 2.95. The number of aryl methyl sites for hydroxylation is 1. The van der Waals surface area contributed by atoms with Crippen molar-refractivity contribution in [3.05, 3.63) is 35.0 Å². The van der Waals surface area contributed by atoms with E-state index in [4.69, 9.17) is 21.2 Å². The van der Waals surface area contributed by atoms with E-state index in [1.54, 1.807) is 6.92 Å². The summed E-state index contributed by atoms with van der Waals surface area (Å²) in [6.07, 6.45) is -1.60. The normalized spacial score (nSPS) is 12.2. The van der Waals surface area contributed by atoms with E-state index in [1.807, 2.05) is 0 Å². The third kappa shape index (κ3) is 6.28. The Morgan fingerprint density at radius 2 is 1.86 bits per heavy atom. The van der Waals surface area contributed by atoms with E-state index in [1.165, 1.54) is 17.0 Å². The first kappa shape index (κ1) is 23.5. The Morgan fingerprint density at radius 3 is 2.36 bits per heavy atom.